The van der Waals surface area contributed by atoms with Crippen molar-refractivity contribution in [2.24, 2.45) is 0 Å². The van der Waals surface area contributed by atoms with Gasteiger partial charge in [0.2, 0.25) is 0 Å². The van der Waals surface area contributed by atoms with E-state index in [-0.39, 0.29) is 5.75 Å². The predicted octanol–water partition coefficient (Wildman–Crippen LogP) is 3.79. The monoisotopic (exact) mass is 304 g/mol. The molecule has 1 aromatic carbocycles. The van der Waals surface area contributed by atoms with Crippen molar-refractivity contribution in [1.82, 2.24) is 9.78 Å². The summed E-state index contributed by atoms with van der Waals surface area (Å²) in [6.45, 7) is 8.27. The molecule has 0 saturated heterocycles. The van der Waals surface area contributed by atoms with Gasteiger partial charge in [-0.25, -0.2) is 4.68 Å². The van der Waals surface area contributed by atoms with Crippen molar-refractivity contribution in [3.8, 4) is 5.69 Å². The lowest BCUT2D eigenvalue weighted by Crippen LogP contribution is -2.04. The van der Waals surface area contributed by atoms with Gasteiger partial charge in [-0.3, -0.25) is 4.79 Å². The number of aromatic nitrogens is 2. The first-order chi connectivity index (χ1) is 9.88. The Hall–Kier alpha value is -1.75. The van der Waals surface area contributed by atoms with Crippen LogP contribution >= 0.6 is 11.8 Å². The molecular formula is C16H20N2O2S. The fourth-order valence-electron chi connectivity index (χ4n) is 2.12. The van der Waals surface area contributed by atoms with Crippen LogP contribution in [-0.4, -0.2) is 26.6 Å². The first-order valence-electron chi connectivity index (χ1n) is 6.90. The van der Waals surface area contributed by atoms with E-state index in [2.05, 4.69) is 31.9 Å². The zero-order valence-electron chi connectivity index (χ0n) is 12.8. The van der Waals surface area contributed by atoms with E-state index in [0.717, 1.165) is 22.0 Å². The number of benzene rings is 1. The summed E-state index contributed by atoms with van der Waals surface area (Å²) in [6.07, 6.45) is 0. The number of aliphatic carboxylic acids is 1. The van der Waals surface area contributed by atoms with Gasteiger partial charge in [0, 0.05) is 0 Å². The number of thioether (sulfide) groups is 1. The standard InChI is InChI=1S/C16H20N2O2S/c1-10(2)13-8-15(21-9-16(19)20)18(17-13)14-6-5-11(3)7-12(14)4/h5-8,10H,9H2,1-4H3,(H,19,20). The van der Waals surface area contributed by atoms with E-state index in [1.54, 1.807) is 0 Å². The minimum Gasteiger partial charge on any atom is -0.481 e. The van der Waals surface area contributed by atoms with E-state index in [4.69, 9.17) is 5.11 Å². The maximum atomic E-state index is 10.8. The van der Waals surface area contributed by atoms with Gasteiger partial charge in [-0.1, -0.05) is 43.3 Å². The van der Waals surface area contributed by atoms with Gasteiger partial charge in [-0.15, -0.1) is 0 Å². The van der Waals surface area contributed by atoms with Crippen molar-refractivity contribution in [2.45, 2.75) is 38.6 Å². The molecule has 0 saturated carbocycles. The maximum absolute atomic E-state index is 10.8. The fraction of sp³-hybridized carbons (Fsp3) is 0.375. The molecule has 1 aromatic heterocycles. The van der Waals surface area contributed by atoms with Crippen LogP contribution in [0.2, 0.25) is 0 Å². The number of carboxylic acid groups (broad SMARTS) is 1. The molecule has 0 radical (unpaired) electrons. The molecule has 0 aliphatic rings. The first-order valence-corrected chi connectivity index (χ1v) is 7.89. The van der Waals surface area contributed by atoms with Crippen LogP contribution in [0.15, 0.2) is 29.3 Å². The van der Waals surface area contributed by atoms with Crippen molar-refractivity contribution in [2.75, 3.05) is 5.75 Å². The molecule has 112 valence electrons. The number of aryl methyl sites for hydroxylation is 2. The van der Waals surface area contributed by atoms with E-state index in [9.17, 15) is 4.79 Å². The number of rotatable bonds is 5. The van der Waals surface area contributed by atoms with E-state index in [1.807, 2.05) is 29.8 Å². The second-order valence-electron chi connectivity index (χ2n) is 5.45. The summed E-state index contributed by atoms with van der Waals surface area (Å²) in [7, 11) is 0. The molecule has 1 N–H and O–H groups in total. The highest BCUT2D eigenvalue weighted by Gasteiger charge is 2.15. The average Bonchev–Trinajstić information content (AvgIpc) is 2.80. The normalized spacial score (nSPS) is 11.1. The van der Waals surface area contributed by atoms with Gasteiger partial charge < -0.3 is 5.11 Å². The van der Waals surface area contributed by atoms with Crippen LogP contribution in [-0.2, 0) is 4.79 Å². The Bertz CT molecular complexity index is 662. The molecule has 2 rings (SSSR count). The molecule has 2 aromatic rings. The van der Waals surface area contributed by atoms with Crippen LogP contribution in [0.4, 0.5) is 0 Å². The van der Waals surface area contributed by atoms with E-state index in [0.29, 0.717) is 5.92 Å². The van der Waals surface area contributed by atoms with Crippen molar-refractivity contribution < 1.29 is 9.90 Å². The Kier molecular flexibility index (Phi) is 4.73. The highest BCUT2D eigenvalue weighted by Crippen LogP contribution is 2.27. The summed E-state index contributed by atoms with van der Waals surface area (Å²) in [5.41, 5.74) is 4.31. The summed E-state index contributed by atoms with van der Waals surface area (Å²) in [5, 5.41) is 14.4. The molecule has 0 unspecified atom stereocenters. The van der Waals surface area contributed by atoms with Gasteiger partial charge in [0.05, 0.1) is 17.1 Å². The lowest BCUT2D eigenvalue weighted by atomic mass is 10.1. The highest BCUT2D eigenvalue weighted by atomic mass is 32.2. The third-order valence-corrected chi connectivity index (χ3v) is 4.19. The zero-order valence-corrected chi connectivity index (χ0v) is 13.6. The first kappa shape index (κ1) is 15.6. The Labute approximate surface area is 129 Å². The van der Waals surface area contributed by atoms with E-state index < -0.39 is 5.97 Å². The maximum Gasteiger partial charge on any atom is 0.313 e. The summed E-state index contributed by atoms with van der Waals surface area (Å²) in [5.74, 6) is -0.477. The van der Waals surface area contributed by atoms with Gasteiger partial charge in [0.1, 0.15) is 5.03 Å². The van der Waals surface area contributed by atoms with Crippen molar-refractivity contribution in [1.29, 1.82) is 0 Å². The number of carboxylic acids is 1. The fourth-order valence-corrected chi connectivity index (χ4v) is 2.85. The van der Waals surface area contributed by atoms with Crippen LogP contribution in [0.3, 0.4) is 0 Å². The van der Waals surface area contributed by atoms with Crippen molar-refractivity contribution in [3.05, 3.63) is 41.1 Å². The largest absolute Gasteiger partial charge is 0.481 e. The summed E-state index contributed by atoms with van der Waals surface area (Å²) in [6, 6.07) is 8.17. The highest BCUT2D eigenvalue weighted by molar-refractivity contribution is 7.99. The van der Waals surface area contributed by atoms with Crippen LogP contribution in [0.25, 0.3) is 5.69 Å². The van der Waals surface area contributed by atoms with Crippen LogP contribution in [0.1, 0.15) is 36.6 Å². The van der Waals surface area contributed by atoms with Crippen molar-refractivity contribution in [3.63, 3.8) is 0 Å². The third kappa shape index (κ3) is 3.67. The van der Waals surface area contributed by atoms with Gasteiger partial charge in [0.25, 0.3) is 0 Å². The Balaban J connectivity index is 2.46. The molecule has 5 heteroatoms. The number of hydrogen-bond donors (Lipinski definition) is 1. The summed E-state index contributed by atoms with van der Waals surface area (Å²) in [4.78, 5) is 10.8. The van der Waals surface area contributed by atoms with E-state index >= 15 is 0 Å². The molecule has 0 bridgehead atoms. The van der Waals surface area contributed by atoms with Crippen LogP contribution in [0.5, 0.6) is 0 Å². The second-order valence-corrected chi connectivity index (χ2v) is 6.44. The molecule has 0 aliphatic heterocycles. The predicted molar refractivity (Wildman–Crippen MR) is 85.5 cm³/mol. The lowest BCUT2D eigenvalue weighted by Gasteiger charge is -2.10. The van der Waals surface area contributed by atoms with Gasteiger partial charge in [-0.2, -0.15) is 5.10 Å². The molecule has 0 fully saturated rings. The molecular weight excluding hydrogens is 284 g/mol. The number of nitrogens with zero attached hydrogens (tertiary/aromatic N) is 2. The Morgan fingerprint density at radius 2 is 2.05 bits per heavy atom. The van der Waals surface area contributed by atoms with Gasteiger partial charge in [-0.05, 0) is 37.5 Å². The molecule has 0 amide bonds. The third-order valence-electron chi connectivity index (χ3n) is 3.21. The van der Waals surface area contributed by atoms with Gasteiger partial charge >= 0.3 is 5.97 Å². The second kappa shape index (κ2) is 6.35. The number of carbonyl (C=O) groups is 1. The SMILES string of the molecule is Cc1ccc(-n2nc(C(C)C)cc2SCC(=O)O)c(C)c1. The average molecular weight is 304 g/mol. The Morgan fingerprint density at radius 1 is 1.33 bits per heavy atom. The molecule has 0 aliphatic carbocycles. The smallest absolute Gasteiger partial charge is 0.313 e. The van der Waals surface area contributed by atoms with Crippen LogP contribution in [0, 0.1) is 13.8 Å². The summed E-state index contributed by atoms with van der Waals surface area (Å²) < 4.78 is 1.86. The topological polar surface area (TPSA) is 55.1 Å². The minimum atomic E-state index is -0.820. The van der Waals surface area contributed by atoms with Crippen LogP contribution < -0.4 is 0 Å². The zero-order chi connectivity index (χ0) is 15.6. The quantitative estimate of drug-likeness (QED) is 0.854. The molecule has 4 nitrogen and oxygen atoms in total. The van der Waals surface area contributed by atoms with Gasteiger partial charge in [0.15, 0.2) is 0 Å². The van der Waals surface area contributed by atoms with E-state index in [1.165, 1.54) is 17.3 Å². The number of hydrogen-bond acceptors (Lipinski definition) is 3. The molecule has 21 heavy (non-hydrogen) atoms. The van der Waals surface area contributed by atoms with Crippen molar-refractivity contribution >= 4 is 17.7 Å². The summed E-state index contributed by atoms with van der Waals surface area (Å²) >= 11 is 1.30. The molecule has 0 atom stereocenters. The molecule has 0 spiro atoms. The Morgan fingerprint density at radius 3 is 2.62 bits per heavy atom. The minimum absolute atomic E-state index is 0.0359. The molecule has 1 heterocycles. The lowest BCUT2D eigenvalue weighted by molar-refractivity contribution is -0.133.